The number of nitrogens with zero attached hydrogens (tertiary/aromatic N) is 2. The number of carbonyl (C=O) groups is 2. The lowest BCUT2D eigenvalue weighted by molar-refractivity contribution is -0.134. The number of hydrogen-bond donors (Lipinski definition) is 1. The summed E-state index contributed by atoms with van der Waals surface area (Å²) >= 11 is 0. The van der Waals surface area contributed by atoms with Crippen molar-refractivity contribution in [1.82, 2.24) is 15.1 Å². The zero-order valence-electron chi connectivity index (χ0n) is 14.2. The summed E-state index contributed by atoms with van der Waals surface area (Å²) in [7, 11) is 0. The molecular formula is C18H23N3O4. The van der Waals surface area contributed by atoms with E-state index in [4.69, 9.17) is 9.47 Å². The van der Waals surface area contributed by atoms with Gasteiger partial charge in [0.2, 0.25) is 11.8 Å². The first-order valence-corrected chi connectivity index (χ1v) is 8.89. The van der Waals surface area contributed by atoms with Crippen LogP contribution in [0.4, 0.5) is 0 Å². The van der Waals surface area contributed by atoms with Gasteiger partial charge in [0, 0.05) is 19.6 Å². The van der Waals surface area contributed by atoms with E-state index in [9.17, 15) is 9.59 Å². The lowest BCUT2D eigenvalue weighted by Crippen LogP contribution is -2.51. The number of nitrogens with one attached hydrogen (secondary N) is 1. The highest BCUT2D eigenvalue weighted by Crippen LogP contribution is 2.38. The van der Waals surface area contributed by atoms with Gasteiger partial charge in [-0.3, -0.25) is 14.5 Å². The van der Waals surface area contributed by atoms with Crippen molar-refractivity contribution in [1.29, 1.82) is 0 Å². The van der Waals surface area contributed by atoms with E-state index in [2.05, 4.69) is 5.32 Å². The highest BCUT2D eigenvalue weighted by atomic mass is 16.6. The number of hydrogen-bond acceptors (Lipinski definition) is 5. The third kappa shape index (κ3) is 3.42. The van der Waals surface area contributed by atoms with Crippen molar-refractivity contribution in [3.05, 3.63) is 23.8 Å². The predicted octanol–water partition coefficient (Wildman–Crippen LogP) is 0.553. The first-order chi connectivity index (χ1) is 12.2. The van der Waals surface area contributed by atoms with Crippen LogP contribution in [0.1, 0.15) is 24.4 Å². The second kappa shape index (κ2) is 6.92. The minimum atomic E-state index is -0.0103. The average Bonchev–Trinajstić information content (AvgIpc) is 3.11. The second-order valence-electron chi connectivity index (χ2n) is 6.71. The Morgan fingerprint density at radius 2 is 2.04 bits per heavy atom. The van der Waals surface area contributed by atoms with Crippen molar-refractivity contribution in [2.24, 2.45) is 0 Å². The number of piperazine rings is 1. The molecule has 4 rings (SSSR count). The van der Waals surface area contributed by atoms with E-state index in [-0.39, 0.29) is 17.9 Å². The van der Waals surface area contributed by atoms with E-state index < -0.39 is 0 Å². The van der Waals surface area contributed by atoms with Gasteiger partial charge in [0.15, 0.2) is 11.5 Å². The lowest BCUT2D eigenvalue weighted by atomic mass is 10.0. The van der Waals surface area contributed by atoms with Crippen molar-refractivity contribution in [2.45, 2.75) is 18.9 Å². The van der Waals surface area contributed by atoms with Crippen LogP contribution < -0.4 is 14.8 Å². The van der Waals surface area contributed by atoms with Crippen LogP contribution in [0.3, 0.4) is 0 Å². The van der Waals surface area contributed by atoms with Crippen LogP contribution in [-0.2, 0) is 9.59 Å². The SMILES string of the molecule is O=C1CN(CC(=O)N2CCCC2c2ccc3c(c2)OCCO3)CCN1. The molecule has 3 aliphatic rings. The average molecular weight is 345 g/mol. The van der Waals surface area contributed by atoms with Gasteiger partial charge in [0.1, 0.15) is 13.2 Å². The van der Waals surface area contributed by atoms with E-state index in [1.807, 2.05) is 28.0 Å². The second-order valence-corrected chi connectivity index (χ2v) is 6.71. The number of fused-ring (bicyclic) bond motifs is 1. The third-order valence-electron chi connectivity index (χ3n) is 5.00. The van der Waals surface area contributed by atoms with Crippen LogP contribution in [0.2, 0.25) is 0 Å². The monoisotopic (exact) mass is 345 g/mol. The Kier molecular flexibility index (Phi) is 4.48. The standard InChI is InChI=1S/C18H23N3O4/c22-17-11-20(7-5-19-17)12-18(23)21-6-1-2-14(21)13-3-4-15-16(10-13)25-9-8-24-15/h3-4,10,14H,1-2,5-9,11-12H2,(H,19,22). The molecule has 0 radical (unpaired) electrons. The summed E-state index contributed by atoms with van der Waals surface area (Å²) < 4.78 is 11.2. The summed E-state index contributed by atoms with van der Waals surface area (Å²) in [5.74, 6) is 1.61. The molecule has 0 saturated carbocycles. The van der Waals surface area contributed by atoms with Crippen LogP contribution in [-0.4, -0.2) is 67.6 Å². The van der Waals surface area contributed by atoms with Crippen molar-refractivity contribution in [2.75, 3.05) is 45.9 Å². The molecule has 7 nitrogen and oxygen atoms in total. The van der Waals surface area contributed by atoms with Crippen molar-refractivity contribution in [3.63, 3.8) is 0 Å². The molecule has 0 aromatic heterocycles. The molecule has 0 bridgehead atoms. The summed E-state index contributed by atoms with van der Waals surface area (Å²) in [5.41, 5.74) is 1.09. The van der Waals surface area contributed by atoms with Gasteiger partial charge in [-0.1, -0.05) is 6.07 Å². The first kappa shape index (κ1) is 16.2. The highest BCUT2D eigenvalue weighted by molar-refractivity contribution is 5.82. The predicted molar refractivity (Wildman–Crippen MR) is 90.6 cm³/mol. The number of rotatable bonds is 3. The smallest absolute Gasteiger partial charge is 0.237 e. The van der Waals surface area contributed by atoms with E-state index in [0.29, 0.717) is 32.8 Å². The molecule has 3 aliphatic heterocycles. The number of amides is 2. The Balaban J connectivity index is 1.46. The molecule has 1 unspecified atom stereocenters. The first-order valence-electron chi connectivity index (χ1n) is 8.89. The van der Waals surface area contributed by atoms with Crippen LogP contribution >= 0.6 is 0 Å². The summed E-state index contributed by atoms with van der Waals surface area (Å²) in [6.45, 7) is 3.82. The number of benzene rings is 1. The molecule has 25 heavy (non-hydrogen) atoms. The van der Waals surface area contributed by atoms with Crippen LogP contribution in [0.5, 0.6) is 11.5 Å². The van der Waals surface area contributed by atoms with Crippen LogP contribution in [0.25, 0.3) is 0 Å². The van der Waals surface area contributed by atoms with Crippen molar-refractivity contribution >= 4 is 11.8 Å². The maximum absolute atomic E-state index is 12.8. The molecule has 3 heterocycles. The Morgan fingerprint density at radius 3 is 2.88 bits per heavy atom. The Labute approximate surface area is 146 Å². The summed E-state index contributed by atoms with van der Waals surface area (Å²) in [6.07, 6.45) is 1.94. The molecule has 134 valence electrons. The van der Waals surface area contributed by atoms with Gasteiger partial charge in [0.25, 0.3) is 0 Å². The number of likely N-dealkylation sites (tertiary alicyclic amines) is 1. The zero-order valence-corrected chi connectivity index (χ0v) is 14.2. The van der Waals surface area contributed by atoms with Gasteiger partial charge in [-0.05, 0) is 30.5 Å². The van der Waals surface area contributed by atoms with E-state index in [0.717, 1.165) is 43.0 Å². The van der Waals surface area contributed by atoms with Crippen LogP contribution in [0.15, 0.2) is 18.2 Å². The molecule has 2 fully saturated rings. The fourth-order valence-corrected chi connectivity index (χ4v) is 3.79. The normalized spacial score (nSPS) is 23.4. The van der Waals surface area contributed by atoms with Crippen molar-refractivity contribution in [3.8, 4) is 11.5 Å². The molecule has 1 atom stereocenters. The molecule has 2 amide bonds. The van der Waals surface area contributed by atoms with Gasteiger partial charge in [-0.2, -0.15) is 0 Å². The summed E-state index contributed by atoms with van der Waals surface area (Å²) in [4.78, 5) is 28.1. The highest BCUT2D eigenvalue weighted by Gasteiger charge is 2.32. The maximum atomic E-state index is 12.8. The Bertz CT molecular complexity index is 678. The topological polar surface area (TPSA) is 71.1 Å². The largest absolute Gasteiger partial charge is 0.486 e. The molecule has 1 aromatic carbocycles. The van der Waals surface area contributed by atoms with Gasteiger partial charge < -0.3 is 19.7 Å². The summed E-state index contributed by atoms with van der Waals surface area (Å²) in [6, 6.07) is 6.03. The van der Waals surface area contributed by atoms with Gasteiger partial charge in [-0.15, -0.1) is 0 Å². The number of ether oxygens (including phenoxy) is 2. The van der Waals surface area contributed by atoms with Crippen LogP contribution in [0, 0.1) is 0 Å². The van der Waals surface area contributed by atoms with E-state index >= 15 is 0 Å². The molecule has 2 saturated heterocycles. The van der Waals surface area contributed by atoms with Crippen molar-refractivity contribution < 1.29 is 19.1 Å². The summed E-state index contributed by atoms with van der Waals surface area (Å²) in [5, 5.41) is 2.79. The molecule has 1 aromatic rings. The molecule has 1 N–H and O–H groups in total. The van der Waals surface area contributed by atoms with Gasteiger partial charge in [-0.25, -0.2) is 0 Å². The lowest BCUT2D eigenvalue weighted by Gasteiger charge is -2.31. The minimum absolute atomic E-state index is 0.0103. The molecule has 7 heteroatoms. The van der Waals surface area contributed by atoms with Gasteiger partial charge in [0.05, 0.1) is 19.1 Å². The van der Waals surface area contributed by atoms with E-state index in [1.165, 1.54) is 0 Å². The minimum Gasteiger partial charge on any atom is -0.486 e. The zero-order chi connectivity index (χ0) is 17.2. The van der Waals surface area contributed by atoms with E-state index in [1.54, 1.807) is 0 Å². The third-order valence-corrected chi connectivity index (χ3v) is 5.00. The Hall–Kier alpha value is -2.28. The quantitative estimate of drug-likeness (QED) is 0.866. The molecule has 0 spiro atoms. The molecular weight excluding hydrogens is 322 g/mol. The Morgan fingerprint density at radius 1 is 1.20 bits per heavy atom. The fraction of sp³-hybridized carbons (Fsp3) is 0.556. The van der Waals surface area contributed by atoms with Gasteiger partial charge >= 0.3 is 0 Å². The number of carbonyl (C=O) groups excluding carboxylic acids is 2. The molecule has 0 aliphatic carbocycles. The maximum Gasteiger partial charge on any atom is 0.237 e. The fourth-order valence-electron chi connectivity index (χ4n) is 3.79.